The van der Waals surface area contributed by atoms with E-state index in [1.165, 1.54) is 6.07 Å². The molecule has 11 heavy (non-hydrogen) atoms. The summed E-state index contributed by atoms with van der Waals surface area (Å²) in [5.74, 6) is 0.390. The second-order valence-electron chi connectivity index (χ2n) is 2.14. The molecule has 0 aliphatic carbocycles. The summed E-state index contributed by atoms with van der Waals surface area (Å²) in [5, 5.41) is 9.02. The van der Waals surface area contributed by atoms with Gasteiger partial charge in [-0.15, -0.1) is 22.9 Å². The molecule has 0 aliphatic rings. The molecule has 4 heteroatoms. The highest BCUT2D eigenvalue weighted by Crippen LogP contribution is 2.24. The van der Waals surface area contributed by atoms with Crippen LogP contribution in [-0.2, 0) is 0 Å². The third-order valence-electron chi connectivity index (χ3n) is 1.30. The lowest BCUT2D eigenvalue weighted by atomic mass is 10.2. The zero-order valence-corrected chi connectivity index (χ0v) is 7.33. The third kappa shape index (κ3) is 2.43. The van der Waals surface area contributed by atoms with Crippen LogP contribution in [0.3, 0.4) is 0 Å². The Morgan fingerprint density at radius 2 is 2.36 bits per heavy atom. The van der Waals surface area contributed by atoms with Gasteiger partial charge < -0.3 is 5.11 Å². The molecule has 62 valence electrons. The molecule has 0 aliphatic heterocycles. The molecule has 1 aromatic rings. The average Bonchev–Trinajstić information content (AvgIpc) is 2.36. The van der Waals surface area contributed by atoms with Gasteiger partial charge >= 0.3 is 0 Å². The first-order valence-electron chi connectivity index (χ1n) is 3.23. The topological polar surface area (TPSA) is 20.2 Å². The summed E-state index contributed by atoms with van der Waals surface area (Å²) >= 11 is 6.36. The maximum atomic E-state index is 12.4. The van der Waals surface area contributed by atoms with Crippen molar-refractivity contribution in [2.24, 2.45) is 0 Å². The summed E-state index contributed by atoms with van der Waals surface area (Å²) < 4.78 is 12.4. The van der Waals surface area contributed by atoms with Crippen molar-refractivity contribution in [3.05, 3.63) is 22.1 Å². The maximum Gasteiger partial charge on any atom is 0.176 e. The zero-order valence-electron chi connectivity index (χ0n) is 5.76. The minimum atomic E-state index is -0.609. The van der Waals surface area contributed by atoms with Crippen LogP contribution in [-0.4, -0.2) is 11.0 Å². The molecule has 1 nitrogen and oxygen atoms in total. The van der Waals surface area contributed by atoms with Gasteiger partial charge in [0.25, 0.3) is 0 Å². The fraction of sp³-hybridized carbons (Fsp3) is 0.429. The monoisotopic (exact) mass is 194 g/mol. The molecule has 0 saturated carbocycles. The van der Waals surface area contributed by atoms with Gasteiger partial charge in [-0.3, -0.25) is 0 Å². The van der Waals surface area contributed by atoms with Crippen molar-refractivity contribution in [1.82, 2.24) is 0 Å². The molecule has 1 rings (SSSR count). The molecule has 0 radical (unpaired) electrons. The largest absolute Gasteiger partial charge is 0.388 e. The van der Waals surface area contributed by atoms with Gasteiger partial charge in [-0.05, 0) is 18.6 Å². The number of hydrogen-bond donors (Lipinski definition) is 1. The number of hydrogen-bond acceptors (Lipinski definition) is 2. The SMILES string of the molecule is O[C@H](CCCl)c1ccc(F)s1. The Hall–Kier alpha value is -0.120. The third-order valence-corrected chi connectivity index (χ3v) is 2.50. The summed E-state index contributed by atoms with van der Waals surface area (Å²) in [6, 6.07) is 2.93. The van der Waals surface area contributed by atoms with Crippen LogP contribution < -0.4 is 0 Å². The molecule has 1 atom stereocenters. The van der Waals surface area contributed by atoms with Gasteiger partial charge in [-0.25, -0.2) is 0 Å². The quantitative estimate of drug-likeness (QED) is 0.734. The smallest absolute Gasteiger partial charge is 0.176 e. The molecule has 0 fully saturated rings. The number of aliphatic hydroxyl groups is 1. The maximum absolute atomic E-state index is 12.4. The van der Waals surface area contributed by atoms with Crippen molar-refractivity contribution in [2.45, 2.75) is 12.5 Å². The molecule has 0 bridgehead atoms. The number of aliphatic hydroxyl groups excluding tert-OH is 1. The zero-order chi connectivity index (χ0) is 8.27. The van der Waals surface area contributed by atoms with Crippen LogP contribution in [0, 0.1) is 5.13 Å². The lowest BCUT2D eigenvalue weighted by Gasteiger charge is -2.03. The van der Waals surface area contributed by atoms with Crippen molar-refractivity contribution in [3.63, 3.8) is 0 Å². The molecule has 1 N–H and O–H groups in total. The highest BCUT2D eigenvalue weighted by Gasteiger charge is 2.08. The Labute approximate surface area is 73.4 Å². The highest BCUT2D eigenvalue weighted by molar-refractivity contribution is 7.10. The first kappa shape index (κ1) is 8.97. The Morgan fingerprint density at radius 3 is 2.82 bits per heavy atom. The molecule has 0 spiro atoms. The van der Waals surface area contributed by atoms with E-state index in [0.717, 1.165) is 11.3 Å². The van der Waals surface area contributed by atoms with Gasteiger partial charge in [0.2, 0.25) is 0 Å². The van der Waals surface area contributed by atoms with Gasteiger partial charge in [0.1, 0.15) is 0 Å². The van der Waals surface area contributed by atoms with Gasteiger partial charge in [0.05, 0.1) is 6.10 Å². The standard InChI is InChI=1S/C7H8ClFOS/c8-4-3-5(10)6-1-2-7(9)11-6/h1-2,5,10H,3-4H2/t5-/m1/s1. The Balaban J connectivity index is 2.60. The van der Waals surface area contributed by atoms with Crippen LogP contribution in [0.2, 0.25) is 0 Å². The number of rotatable bonds is 3. The summed E-state index contributed by atoms with van der Waals surface area (Å²) in [4.78, 5) is 0.642. The average molecular weight is 195 g/mol. The summed E-state index contributed by atoms with van der Waals surface area (Å²) in [6.07, 6.45) is -0.136. The number of alkyl halides is 1. The molecule has 0 aromatic carbocycles. The Bertz CT molecular complexity index is 226. The van der Waals surface area contributed by atoms with E-state index in [-0.39, 0.29) is 5.13 Å². The Morgan fingerprint density at radius 1 is 1.64 bits per heavy atom. The predicted octanol–water partition coefficient (Wildman–Crippen LogP) is 2.55. The lowest BCUT2D eigenvalue weighted by molar-refractivity contribution is 0.178. The van der Waals surface area contributed by atoms with Crippen molar-refractivity contribution in [1.29, 1.82) is 0 Å². The van der Waals surface area contributed by atoms with Gasteiger partial charge in [-0.2, -0.15) is 4.39 Å². The second-order valence-corrected chi connectivity index (χ2v) is 3.58. The normalized spacial score (nSPS) is 13.4. The van der Waals surface area contributed by atoms with Crippen molar-refractivity contribution >= 4 is 22.9 Å². The van der Waals surface area contributed by atoms with E-state index in [1.807, 2.05) is 0 Å². The van der Waals surface area contributed by atoms with E-state index in [0.29, 0.717) is 17.2 Å². The van der Waals surface area contributed by atoms with E-state index in [9.17, 15) is 9.50 Å². The van der Waals surface area contributed by atoms with E-state index >= 15 is 0 Å². The first-order valence-corrected chi connectivity index (χ1v) is 4.58. The van der Waals surface area contributed by atoms with Crippen LogP contribution in [0.15, 0.2) is 12.1 Å². The van der Waals surface area contributed by atoms with Crippen LogP contribution in [0.25, 0.3) is 0 Å². The van der Waals surface area contributed by atoms with Gasteiger partial charge in [-0.1, -0.05) is 0 Å². The fourth-order valence-electron chi connectivity index (χ4n) is 0.753. The van der Waals surface area contributed by atoms with E-state index in [1.54, 1.807) is 6.07 Å². The summed E-state index contributed by atoms with van der Waals surface area (Å²) in [7, 11) is 0. The van der Waals surface area contributed by atoms with Crippen molar-refractivity contribution in [3.8, 4) is 0 Å². The second kappa shape index (κ2) is 4.04. The number of thiophene rings is 1. The van der Waals surface area contributed by atoms with Crippen LogP contribution in [0.4, 0.5) is 4.39 Å². The number of halogens is 2. The molecular formula is C7H8ClFOS. The molecule has 1 heterocycles. The molecule has 1 aromatic heterocycles. The highest BCUT2D eigenvalue weighted by atomic mass is 35.5. The molecular weight excluding hydrogens is 187 g/mol. The van der Waals surface area contributed by atoms with Crippen molar-refractivity contribution < 1.29 is 9.50 Å². The van der Waals surface area contributed by atoms with Crippen LogP contribution in [0.1, 0.15) is 17.4 Å². The van der Waals surface area contributed by atoms with Crippen molar-refractivity contribution in [2.75, 3.05) is 5.88 Å². The van der Waals surface area contributed by atoms with Crippen LogP contribution in [0.5, 0.6) is 0 Å². The van der Waals surface area contributed by atoms with Gasteiger partial charge in [0, 0.05) is 10.8 Å². The predicted molar refractivity (Wildman–Crippen MR) is 44.6 cm³/mol. The Kier molecular flexibility index (Phi) is 3.30. The van der Waals surface area contributed by atoms with Gasteiger partial charge in [0.15, 0.2) is 5.13 Å². The molecule has 0 saturated heterocycles. The first-order chi connectivity index (χ1) is 5.24. The van der Waals surface area contributed by atoms with Crippen LogP contribution >= 0.6 is 22.9 Å². The minimum Gasteiger partial charge on any atom is -0.388 e. The van der Waals surface area contributed by atoms with E-state index in [4.69, 9.17) is 11.6 Å². The molecule has 0 unspecified atom stereocenters. The summed E-state index contributed by atoms with van der Waals surface area (Å²) in [5.41, 5.74) is 0. The summed E-state index contributed by atoms with van der Waals surface area (Å²) in [6.45, 7) is 0. The molecule has 0 amide bonds. The minimum absolute atomic E-state index is 0.270. The fourth-order valence-corrected chi connectivity index (χ4v) is 1.71. The van der Waals surface area contributed by atoms with E-state index in [2.05, 4.69) is 0 Å². The lowest BCUT2D eigenvalue weighted by Crippen LogP contribution is -1.94. The van der Waals surface area contributed by atoms with E-state index < -0.39 is 6.10 Å².